The second-order valence-corrected chi connectivity index (χ2v) is 7.60. The van der Waals surface area contributed by atoms with E-state index in [1.165, 1.54) is 24.0 Å². The maximum Gasteiger partial charge on any atom is 0.254 e. The lowest BCUT2D eigenvalue weighted by Gasteiger charge is -2.33. The van der Waals surface area contributed by atoms with E-state index in [4.69, 9.17) is 0 Å². The Morgan fingerprint density at radius 1 is 1.04 bits per heavy atom. The first-order valence-corrected chi connectivity index (χ1v) is 9.77. The number of carbonyl (C=O) groups excluding carboxylic acids is 1. The number of piperidine rings is 1. The lowest BCUT2D eigenvalue weighted by molar-refractivity contribution is 0.0707. The third-order valence-electron chi connectivity index (χ3n) is 5.68. The molecule has 0 radical (unpaired) electrons. The highest BCUT2D eigenvalue weighted by molar-refractivity contribution is 5.95. The van der Waals surface area contributed by atoms with Gasteiger partial charge < -0.3 is 9.80 Å². The van der Waals surface area contributed by atoms with Crippen LogP contribution in [0.3, 0.4) is 0 Å². The molecule has 1 amide bonds. The van der Waals surface area contributed by atoms with Gasteiger partial charge in [0.25, 0.3) is 5.91 Å². The SMILES string of the molecule is Cc1ccc([C@H]2CCCN(C(=O)c3ccnc(N4CCCC4)c3)C2)cc1. The van der Waals surface area contributed by atoms with E-state index in [-0.39, 0.29) is 5.91 Å². The first-order chi connectivity index (χ1) is 12.7. The Bertz CT molecular complexity index is 765. The zero-order valence-corrected chi connectivity index (χ0v) is 15.5. The maximum absolute atomic E-state index is 13.1. The van der Waals surface area contributed by atoms with Crippen LogP contribution >= 0.6 is 0 Å². The molecule has 136 valence electrons. The van der Waals surface area contributed by atoms with Gasteiger partial charge in [-0.1, -0.05) is 29.8 Å². The van der Waals surface area contributed by atoms with Crippen LogP contribution in [0, 0.1) is 6.92 Å². The second kappa shape index (κ2) is 7.48. The van der Waals surface area contributed by atoms with Crippen molar-refractivity contribution in [2.75, 3.05) is 31.1 Å². The van der Waals surface area contributed by atoms with Crippen LogP contribution in [0.15, 0.2) is 42.6 Å². The number of benzene rings is 1. The highest BCUT2D eigenvalue weighted by atomic mass is 16.2. The Hall–Kier alpha value is -2.36. The van der Waals surface area contributed by atoms with Crippen LogP contribution in [0.25, 0.3) is 0 Å². The maximum atomic E-state index is 13.1. The first kappa shape index (κ1) is 17.1. The molecule has 1 aromatic carbocycles. The number of pyridine rings is 1. The number of aromatic nitrogens is 1. The minimum absolute atomic E-state index is 0.143. The molecule has 0 unspecified atom stereocenters. The standard InChI is InChI=1S/C22H27N3O/c1-17-6-8-18(9-7-17)20-5-4-14-25(16-20)22(26)19-10-11-23-21(15-19)24-12-2-3-13-24/h6-11,15,20H,2-5,12-14,16H2,1H3/t20-/m0/s1. The molecule has 0 aliphatic carbocycles. The monoisotopic (exact) mass is 349 g/mol. The van der Waals surface area contributed by atoms with E-state index in [9.17, 15) is 4.79 Å². The lowest BCUT2D eigenvalue weighted by Crippen LogP contribution is -2.39. The Balaban J connectivity index is 1.49. The van der Waals surface area contributed by atoms with E-state index in [2.05, 4.69) is 41.1 Å². The van der Waals surface area contributed by atoms with Gasteiger partial charge in [-0.05, 0) is 50.3 Å². The normalized spacial score (nSPS) is 20.4. The molecule has 1 atom stereocenters. The highest BCUT2D eigenvalue weighted by Crippen LogP contribution is 2.28. The van der Waals surface area contributed by atoms with Crippen molar-refractivity contribution < 1.29 is 4.79 Å². The minimum Gasteiger partial charge on any atom is -0.357 e. The molecule has 0 bridgehead atoms. The van der Waals surface area contributed by atoms with E-state index in [0.717, 1.165) is 50.4 Å². The molecule has 2 fully saturated rings. The molecule has 0 N–H and O–H groups in total. The molecule has 1 aromatic heterocycles. The molecular formula is C22H27N3O. The van der Waals surface area contributed by atoms with Gasteiger partial charge in [0.05, 0.1) is 0 Å². The van der Waals surface area contributed by atoms with E-state index in [0.29, 0.717) is 5.92 Å². The van der Waals surface area contributed by atoms with Crippen molar-refractivity contribution in [1.29, 1.82) is 0 Å². The smallest absolute Gasteiger partial charge is 0.254 e. The minimum atomic E-state index is 0.143. The number of nitrogens with zero attached hydrogens (tertiary/aromatic N) is 3. The number of rotatable bonds is 3. The predicted octanol–water partition coefficient (Wildman–Crippen LogP) is 4.01. The summed E-state index contributed by atoms with van der Waals surface area (Å²) in [6, 6.07) is 12.6. The molecule has 2 aromatic rings. The number of carbonyl (C=O) groups is 1. The van der Waals surface area contributed by atoms with Gasteiger partial charge in [-0.15, -0.1) is 0 Å². The van der Waals surface area contributed by atoms with Crippen LogP contribution in [0.5, 0.6) is 0 Å². The Morgan fingerprint density at radius 2 is 1.81 bits per heavy atom. The van der Waals surface area contributed by atoms with Crippen molar-refractivity contribution >= 4 is 11.7 Å². The summed E-state index contributed by atoms with van der Waals surface area (Å²) in [7, 11) is 0. The van der Waals surface area contributed by atoms with E-state index in [1.54, 1.807) is 6.20 Å². The van der Waals surface area contributed by atoms with Gasteiger partial charge >= 0.3 is 0 Å². The Kier molecular flexibility index (Phi) is 4.91. The van der Waals surface area contributed by atoms with Crippen LogP contribution in [0.4, 0.5) is 5.82 Å². The summed E-state index contributed by atoms with van der Waals surface area (Å²) in [6.45, 7) is 5.86. The molecule has 4 nitrogen and oxygen atoms in total. The topological polar surface area (TPSA) is 36.4 Å². The van der Waals surface area contributed by atoms with Crippen LogP contribution in [-0.2, 0) is 0 Å². The number of anilines is 1. The molecule has 4 heteroatoms. The fraction of sp³-hybridized carbons (Fsp3) is 0.455. The average Bonchev–Trinajstić information content (AvgIpc) is 3.23. The van der Waals surface area contributed by atoms with E-state index >= 15 is 0 Å². The fourth-order valence-corrected chi connectivity index (χ4v) is 4.13. The molecule has 4 rings (SSSR count). The lowest BCUT2D eigenvalue weighted by atomic mass is 9.90. The van der Waals surface area contributed by atoms with Crippen molar-refractivity contribution in [3.63, 3.8) is 0 Å². The molecule has 26 heavy (non-hydrogen) atoms. The van der Waals surface area contributed by atoms with E-state index in [1.807, 2.05) is 17.0 Å². The van der Waals surface area contributed by atoms with E-state index < -0.39 is 0 Å². The van der Waals surface area contributed by atoms with Crippen LogP contribution < -0.4 is 4.90 Å². The number of hydrogen-bond donors (Lipinski definition) is 0. The van der Waals surface area contributed by atoms with Gasteiger partial charge in [0.1, 0.15) is 5.82 Å². The van der Waals surface area contributed by atoms with Gasteiger partial charge in [-0.2, -0.15) is 0 Å². The third kappa shape index (κ3) is 3.59. The number of aryl methyl sites for hydroxylation is 1. The molecule has 2 aliphatic rings. The summed E-state index contributed by atoms with van der Waals surface area (Å²) in [5, 5.41) is 0. The van der Waals surface area contributed by atoms with Crippen molar-refractivity contribution in [2.45, 2.75) is 38.5 Å². The van der Waals surface area contributed by atoms with Crippen molar-refractivity contribution in [3.05, 3.63) is 59.3 Å². The molecule has 2 saturated heterocycles. The first-order valence-electron chi connectivity index (χ1n) is 9.77. The van der Waals surface area contributed by atoms with Gasteiger partial charge in [-0.3, -0.25) is 4.79 Å². The molecule has 0 saturated carbocycles. The predicted molar refractivity (Wildman–Crippen MR) is 105 cm³/mol. The molecular weight excluding hydrogens is 322 g/mol. The molecule has 2 aliphatic heterocycles. The van der Waals surface area contributed by atoms with Crippen LogP contribution in [0.1, 0.15) is 53.1 Å². The van der Waals surface area contributed by atoms with Crippen molar-refractivity contribution in [3.8, 4) is 0 Å². The summed E-state index contributed by atoms with van der Waals surface area (Å²) in [5.74, 6) is 1.53. The van der Waals surface area contributed by atoms with Gasteiger partial charge in [0.2, 0.25) is 0 Å². The Morgan fingerprint density at radius 3 is 2.58 bits per heavy atom. The van der Waals surface area contributed by atoms with Crippen molar-refractivity contribution in [2.24, 2.45) is 0 Å². The zero-order valence-electron chi connectivity index (χ0n) is 15.5. The third-order valence-corrected chi connectivity index (χ3v) is 5.68. The zero-order chi connectivity index (χ0) is 17.9. The number of hydrogen-bond acceptors (Lipinski definition) is 3. The second-order valence-electron chi connectivity index (χ2n) is 7.60. The number of likely N-dealkylation sites (tertiary alicyclic amines) is 1. The average molecular weight is 349 g/mol. The summed E-state index contributed by atoms with van der Waals surface area (Å²) < 4.78 is 0. The van der Waals surface area contributed by atoms with Crippen LogP contribution in [0.2, 0.25) is 0 Å². The molecule has 0 spiro atoms. The van der Waals surface area contributed by atoms with Crippen molar-refractivity contribution in [1.82, 2.24) is 9.88 Å². The Labute approximate surface area is 155 Å². The fourth-order valence-electron chi connectivity index (χ4n) is 4.13. The largest absolute Gasteiger partial charge is 0.357 e. The number of amides is 1. The summed E-state index contributed by atoms with van der Waals surface area (Å²) in [4.78, 5) is 21.9. The van der Waals surface area contributed by atoms with Gasteiger partial charge in [0.15, 0.2) is 0 Å². The summed E-state index contributed by atoms with van der Waals surface area (Å²) in [5.41, 5.74) is 3.40. The highest BCUT2D eigenvalue weighted by Gasteiger charge is 2.26. The van der Waals surface area contributed by atoms with Crippen LogP contribution in [-0.4, -0.2) is 42.0 Å². The molecule has 3 heterocycles. The van der Waals surface area contributed by atoms with Gasteiger partial charge in [0, 0.05) is 43.9 Å². The van der Waals surface area contributed by atoms with Gasteiger partial charge in [-0.25, -0.2) is 4.98 Å². The quantitative estimate of drug-likeness (QED) is 0.840. The summed E-state index contributed by atoms with van der Waals surface area (Å²) >= 11 is 0. The summed E-state index contributed by atoms with van der Waals surface area (Å²) in [6.07, 6.45) is 6.42.